The van der Waals surface area contributed by atoms with Crippen molar-refractivity contribution in [2.24, 2.45) is 0 Å². The van der Waals surface area contributed by atoms with Gasteiger partial charge in [-0.25, -0.2) is 12.8 Å². The van der Waals surface area contributed by atoms with E-state index in [4.69, 9.17) is 15.5 Å². The molecule has 0 amide bonds. The number of anilines is 2. The summed E-state index contributed by atoms with van der Waals surface area (Å²) >= 11 is 0. The fraction of sp³-hybridized carbons (Fsp3) is 0.200. The maximum atomic E-state index is 14.2. The molecule has 0 saturated heterocycles. The third kappa shape index (κ3) is 3.47. The lowest BCUT2D eigenvalue weighted by atomic mass is 9.79. The highest BCUT2D eigenvalue weighted by atomic mass is 32.2. The Morgan fingerprint density at radius 2 is 2.08 bits per heavy atom. The molecule has 10 heteroatoms. The Morgan fingerprint density at radius 1 is 1.32 bits per heavy atom. The molecule has 0 unspecified atom stereocenters. The summed E-state index contributed by atoms with van der Waals surface area (Å²) in [6, 6.07) is 6.49. The largest absolute Gasteiger partial charge is 0.491 e. The first-order chi connectivity index (χ1) is 11.8. The Bertz CT molecular complexity index is 922. The zero-order valence-corrected chi connectivity index (χ0v) is 13.9. The average molecular weight is 366 g/mol. The van der Waals surface area contributed by atoms with Gasteiger partial charge >= 0.3 is 7.12 Å². The van der Waals surface area contributed by atoms with Crippen molar-refractivity contribution in [3.05, 3.63) is 47.3 Å². The first-order valence-corrected chi connectivity index (χ1v) is 8.94. The van der Waals surface area contributed by atoms with E-state index in [-0.39, 0.29) is 30.2 Å². The molecule has 2 aromatic rings. The quantitative estimate of drug-likeness (QED) is 0.435. The van der Waals surface area contributed by atoms with E-state index in [2.05, 4.69) is 4.72 Å². The molecular weight excluding hydrogens is 350 g/mol. The van der Waals surface area contributed by atoms with E-state index in [0.717, 1.165) is 6.07 Å². The van der Waals surface area contributed by atoms with E-state index in [1.54, 1.807) is 0 Å². The van der Waals surface area contributed by atoms with Gasteiger partial charge in [-0.1, -0.05) is 0 Å². The van der Waals surface area contributed by atoms with Crippen molar-refractivity contribution in [2.45, 2.75) is 17.9 Å². The minimum absolute atomic E-state index is 0.0546. The van der Waals surface area contributed by atoms with Crippen LogP contribution in [0.2, 0.25) is 0 Å². The standard InChI is InChI=1S/C15H16BFN2O5S/c17-13-6-10-8-24-16(21)12(10)7-14(13)19-25(22,23)15-2-1-11(18)5-9(15)3-4-20/h1-2,5-7,19-21H,3-4,8,18H2. The van der Waals surface area contributed by atoms with Crippen LogP contribution in [-0.2, 0) is 27.7 Å². The molecule has 7 nitrogen and oxygen atoms in total. The Kier molecular flexibility index (Phi) is 4.70. The van der Waals surface area contributed by atoms with Crippen LogP contribution in [0.15, 0.2) is 35.2 Å². The molecule has 25 heavy (non-hydrogen) atoms. The summed E-state index contributed by atoms with van der Waals surface area (Å²) in [5, 5.41) is 18.8. The zero-order valence-electron chi connectivity index (χ0n) is 13.1. The molecule has 0 atom stereocenters. The monoisotopic (exact) mass is 366 g/mol. The summed E-state index contributed by atoms with van der Waals surface area (Å²) in [7, 11) is -5.34. The van der Waals surface area contributed by atoms with Crippen molar-refractivity contribution < 1.29 is 27.6 Å². The second-order valence-electron chi connectivity index (χ2n) is 5.64. The van der Waals surface area contributed by atoms with Gasteiger partial charge in [-0.3, -0.25) is 4.72 Å². The minimum Gasteiger partial charge on any atom is -0.423 e. The van der Waals surface area contributed by atoms with Crippen LogP contribution in [0.3, 0.4) is 0 Å². The number of nitrogens with one attached hydrogen (secondary N) is 1. The number of nitrogens with two attached hydrogens (primary N) is 1. The third-order valence-electron chi connectivity index (χ3n) is 3.89. The molecule has 0 spiro atoms. The normalized spacial score (nSPS) is 13.8. The fourth-order valence-electron chi connectivity index (χ4n) is 2.70. The molecule has 5 N–H and O–H groups in total. The van der Waals surface area contributed by atoms with E-state index < -0.39 is 23.0 Å². The van der Waals surface area contributed by atoms with Crippen molar-refractivity contribution in [1.29, 1.82) is 0 Å². The molecule has 0 bridgehead atoms. The minimum atomic E-state index is -4.12. The molecule has 2 aromatic carbocycles. The van der Waals surface area contributed by atoms with Gasteiger partial charge < -0.3 is 20.5 Å². The number of hydrogen-bond acceptors (Lipinski definition) is 6. The summed E-state index contributed by atoms with van der Waals surface area (Å²) in [5.41, 5.74) is 6.80. The highest BCUT2D eigenvalue weighted by Gasteiger charge is 2.30. The molecule has 132 valence electrons. The Balaban J connectivity index is 1.99. The number of nitrogen functional groups attached to an aromatic ring is 1. The number of halogens is 1. The molecule has 0 aliphatic carbocycles. The summed E-state index contributed by atoms with van der Waals surface area (Å²) < 4.78 is 46.7. The van der Waals surface area contributed by atoms with Crippen molar-refractivity contribution in [2.75, 3.05) is 17.1 Å². The van der Waals surface area contributed by atoms with Crippen LogP contribution in [0, 0.1) is 5.82 Å². The number of benzene rings is 2. The summed E-state index contributed by atoms with van der Waals surface area (Å²) in [6.45, 7) is -0.207. The number of hydrogen-bond donors (Lipinski definition) is 4. The second kappa shape index (κ2) is 6.64. The molecule has 3 rings (SSSR count). The van der Waals surface area contributed by atoms with Crippen LogP contribution in [0.25, 0.3) is 0 Å². The van der Waals surface area contributed by atoms with Crippen LogP contribution >= 0.6 is 0 Å². The van der Waals surface area contributed by atoms with Crippen molar-refractivity contribution in [3.8, 4) is 0 Å². The van der Waals surface area contributed by atoms with Gasteiger partial charge in [-0.2, -0.15) is 0 Å². The predicted molar refractivity (Wildman–Crippen MR) is 91.2 cm³/mol. The van der Waals surface area contributed by atoms with Gasteiger partial charge in [0.1, 0.15) is 5.82 Å². The summed E-state index contributed by atoms with van der Waals surface area (Å²) in [5.74, 6) is -0.779. The third-order valence-corrected chi connectivity index (χ3v) is 5.36. The van der Waals surface area contributed by atoms with Gasteiger partial charge in [-0.05, 0) is 53.3 Å². The van der Waals surface area contributed by atoms with E-state index in [1.807, 2.05) is 0 Å². The summed E-state index contributed by atoms with van der Waals surface area (Å²) in [4.78, 5) is -0.104. The second-order valence-corrected chi connectivity index (χ2v) is 7.29. The van der Waals surface area contributed by atoms with Crippen LogP contribution in [-0.4, -0.2) is 32.3 Å². The highest BCUT2D eigenvalue weighted by Crippen LogP contribution is 2.25. The molecule has 0 fully saturated rings. The topological polar surface area (TPSA) is 122 Å². The molecule has 1 aliphatic heterocycles. The Hall–Kier alpha value is -2.14. The van der Waals surface area contributed by atoms with Gasteiger partial charge in [0, 0.05) is 12.3 Å². The molecule has 1 aliphatic rings. The highest BCUT2D eigenvalue weighted by molar-refractivity contribution is 7.92. The van der Waals surface area contributed by atoms with Crippen LogP contribution in [0.5, 0.6) is 0 Å². The molecule has 0 radical (unpaired) electrons. The van der Waals surface area contributed by atoms with Gasteiger partial charge in [0.2, 0.25) is 0 Å². The maximum absolute atomic E-state index is 14.2. The van der Waals surface area contributed by atoms with E-state index in [1.165, 1.54) is 24.3 Å². The molecule has 1 heterocycles. The number of aliphatic hydroxyl groups excluding tert-OH is 1. The lowest BCUT2D eigenvalue weighted by molar-refractivity contribution is 0.275. The van der Waals surface area contributed by atoms with Gasteiger partial charge in [0.25, 0.3) is 10.0 Å². The number of sulfonamides is 1. The van der Waals surface area contributed by atoms with Gasteiger partial charge in [0.15, 0.2) is 0 Å². The van der Waals surface area contributed by atoms with Crippen LogP contribution < -0.4 is 15.9 Å². The Labute approximate surface area is 144 Å². The van der Waals surface area contributed by atoms with Crippen molar-refractivity contribution in [1.82, 2.24) is 0 Å². The summed E-state index contributed by atoms with van der Waals surface area (Å²) in [6.07, 6.45) is 0.0838. The van der Waals surface area contributed by atoms with E-state index >= 15 is 0 Å². The molecular formula is C15H16BFN2O5S. The van der Waals surface area contributed by atoms with E-state index in [9.17, 15) is 17.8 Å². The first-order valence-electron chi connectivity index (χ1n) is 7.46. The smallest absolute Gasteiger partial charge is 0.423 e. The van der Waals surface area contributed by atoms with Crippen molar-refractivity contribution >= 4 is 34.0 Å². The lowest BCUT2D eigenvalue weighted by Gasteiger charge is -2.14. The molecule has 0 aromatic heterocycles. The van der Waals surface area contributed by atoms with E-state index in [0.29, 0.717) is 22.3 Å². The zero-order chi connectivity index (χ0) is 18.2. The van der Waals surface area contributed by atoms with Crippen LogP contribution in [0.1, 0.15) is 11.1 Å². The average Bonchev–Trinajstić information content (AvgIpc) is 2.88. The predicted octanol–water partition coefficient (Wildman–Crippen LogP) is -0.0388. The van der Waals surface area contributed by atoms with Gasteiger partial charge in [-0.15, -0.1) is 0 Å². The van der Waals surface area contributed by atoms with Gasteiger partial charge in [0.05, 0.1) is 17.2 Å². The maximum Gasteiger partial charge on any atom is 0.491 e. The number of fused-ring (bicyclic) bond motifs is 1. The number of aliphatic hydroxyl groups is 1. The van der Waals surface area contributed by atoms with Crippen molar-refractivity contribution in [3.63, 3.8) is 0 Å². The SMILES string of the molecule is Nc1ccc(S(=O)(=O)Nc2cc3c(cc2F)COB3O)c(CCO)c1. The van der Waals surface area contributed by atoms with Crippen LogP contribution in [0.4, 0.5) is 15.8 Å². The number of rotatable bonds is 5. The lowest BCUT2D eigenvalue weighted by Crippen LogP contribution is -2.29. The first kappa shape index (κ1) is 17.7. The Morgan fingerprint density at radius 3 is 2.80 bits per heavy atom. The molecule has 0 saturated carbocycles. The fourth-order valence-corrected chi connectivity index (χ4v) is 4.01.